The van der Waals surface area contributed by atoms with Crippen molar-refractivity contribution in [3.05, 3.63) is 47.8 Å². The first-order valence-corrected chi connectivity index (χ1v) is 9.33. The molecule has 7 nitrogen and oxygen atoms in total. The minimum atomic E-state index is -5.26. The minimum Gasteiger partial charge on any atom is -0.404 e. The van der Waals surface area contributed by atoms with E-state index in [1.54, 1.807) is 0 Å². The van der Waals surface area contributed by atoms with Gasteiger partial charge in [-0.3, -0.25) is 0 Å². The van der Waals surface area contributed by atoms with E-state index in [-0.39, 0.29) is 11.1 Å². The number of halogens is 7. The molecule has 0 saturated carbocycles. The molecule has 1 heterocycles. The van der Waals surface area contributed by atoms with Crippen LogP contribution < -0.4 is 9.88 Å². The maximum Gasteiger partial charge on any atom is 0.573 e. The summed E-state index contributed by atoms with van der Waals surface area (Å²) in [5, 5.41) is 8.29. The molecule has 0 spiro atoms. The van der Waals surface area contributed by atoms with E-state index in [0.717, 1.165) is 12.1 Å². The number of primary sulfonamides is 1. The van der Waals surface area contributed by atoms with E-state index in [1.807, 2.05) is 0 Å². The lowest BCUT2D eigenvalue weighted by Crippen LogP contribution is -2.21. The Bertz CT molecular complexity index is 1240. The fraction of sp³-hybridized carbons (Fsp3) is 0.125. The lowest BCUT2D eigenvalue weighted by atomic mass is 10.1. The highest BCUT2D eigenvalue weighted by atomic mass is 32.2. The molecular formula is C16H8F7N3O4S. The molecule has 1 aromatic heterocycles. The number of ether oxygens (including phenoxy) is 1. The largest absolute Gasteiger partial charge is 0.573 e. The molecule has 2 N–H and O–H groups in total. The lowest BCUT2D eigenvalue weighted by Gasteiger charge is -2.12. The second kappa shape index (κ2) is 7.49. The number of benzene rings is 2. The van der Waals surface area contributed by atoms with Crippen LogP contribution in [-0.2, 0) is 16.2 Å². The Balaban J connectivity index is 2.04. The average molecular weight is 471 g/mol. The van der Waals surface area contributed by atoms with E-state index in [0.29, 0.717) is 24.3 Å². The van der Waals surface area contributed by atoms with Gasteiger partial charge in [0.2, 0.25) is 15.8 Å². The second-order valence-electron chi connectivity index (χ2n) is 5.87. The summed E-state index contributed by atoms with van der Waals surface area (Å²) in [6, 6.07) is 4.13. The van der Waals surface area contributed by atoms with Gasteiger partial charge in [0.15, 0.2) is 0 Å². The molecule has 0 unspecified atom stereocenters. The van der Waals surface area contributed by atoms with Crippen LogP contribution in [0.2, 0.25) is 0 Å². The van der Waals surface area contributed by atoms with E-state index in [4.69, 9.17) is 9.66 Å². The first-order chi connectivity index (χ1) is 14.1. The third-order valence-electron chi connectivity index (χ3n) is 3.68. The van der Waals surface area contributed by atoms with Gasteiger partial charge in [0.25, 0.3) is 5.89 Å². The van der Waals surface area contributed by atoms with E-state index >= 15 is 0 Å². The van der Waals surface area contributed by atoms with Crippen molar-refractivity contribution in [2.24, 2.45) is 5.14 Å². The molecule has 0 fully saturated rings. The maximum atomic E-state index is 13.4. The zero-order valence-corrected chi connectivity index (χ0v) is 15.4. The standard InChI is InChI=1S/C16H8F7N3O4S/c17-10-3-1-8(5-9(10)15(18,19)20)14-25-13(26-30-14)7-2-4-12(31(24,27)28)11(6-7)29-16(21,22)23/h1-6H,(H2,24,27,28). The first kappa shape index (κ1) is 22.5. The molecule has 166 valence electrons. The van der Waals surface area contributed by atoms with Gasteiger partial charge in [-0.25, -0.2) is 17.9 Å². The molecule has 0 aliphatic rings. The fourth-order valence-corrected chi connectivity index (χ4v) is 3.06. The van der Waals surface area contributed by atoms with Crippen molar-refractivity contribution in [2.45, 2.75) is 17.4 Å². The molecule has 15 heteroatoms. The van der Waals surface area contributed by atoms with Gasteiger partial charge in [-0.2, -0.15) is 18.2 Å². The summed E-state index contributed by atoms with van der Waals surface area (Å²) in [4.78, 5) is 2.77. The van der Waals surface area contributed by atoms with Crippen LogP contribution in [0.5, 0.6) is 5.75 Å². The van der Waals surface area contributed by atoms with Gasteiger partial charge in [0.05, 0.1) is 5.56 Å². The lowest BCUT2D eigenvalue weighted by molar-refractivity contribution is -0.275. The van der Waals surface area contributed by atoms with Crippen molar-refractivity contribution in [3.63, 3.8) is 0 Å². The van der Waals surface area contributed by atoms with Crippen LogP contribution in [-0.4, -0.2) is 24.9 Å². The summed E-state index contributed by atoms with van der Waals surface area (Å²) in [7, 11) is -4.60. The summed E-state index contributed by atoms with van der Waals surface area (Å²) in [5.41, 5.74) is -2.15. The van der Waals surface area contributed by atoms with Gasteiger partial charge < -0.3 is 9.26 Å². The number of alkyl halides is 6. The zero-order valence-electron chi connectivity index (χ0n) is 14.6. The molecule has 0 bridgehead atoms. The third-order valence-corrected chi connectivity index (χ3v) is 4.63. The minimum absolute atomic E-state index is 0.236. The fourth-order valence-electron chi connectivity index (χ4n) is 2.42. The van der Waals surface area contributed by atoms with Crippen LogP contribution >= 0.6 is 0 Å². The molecule has 2 aromatic carbocycles. The second-order valence-corrected chi connectivity index (χ2v) is 7.40. The Morgan fingerprint density at radius 1 is 0.968 bits per heavy atom. The van der Waals surface area contributed by atoms with Crippen molar-refractivity contribution >= 4 is 10.0 Å². The number of hydrogen-bond donors (Lipinski definition) is 1. The molecule has 0 amide bonds. The van der Waals surface area contributed by atoms with Crippen molar-refractivity contribution < 1.29 is 48.4 Å². The Labute approximate surface area is 168 Å². The smallest absolute Gasteiger partial charge is 0.404 e. The van der Waals surface area contributed by atoms with Gasteiger partial charge in [-0.1, -0.05) is 5.16 Å². The molecular weight excluding hydrogens is 463 g/mol. The van der Waals surface area contributed by atoms with Crippen LogP contribution in [0.4, 0.5) is 30.7 Å². The van der Waals surface area contributed by atoms with Crippen LogP contribution in [0.25, 0.3) is 22.8 Å². The highest BCUT2D eigenvalue weighted by molar-refractivity contribution is 7.89. The number of nitrogens with zero attached hydrogens (tertiary/aromatic N) is 2. The summed E-state index contributed by atoms with van der Waals surface area (Å²) >= 11 is 0. The average Bonchev–Trinajstić information content (AvgIpc) is 3.08. The molecule has 0 aliphatic heterocycles. The summed E-state index contributed by atoms with van der Waals surface area (Å²) in [6.45, 7) is 0. The number of aromatic nitrogens is 2. The zero-order chi connectivity index (χ0) is 23.2. The van der Waals surface area contributed by atoms with Gasteiger partial charge in [-0.05, 0) is 36.4 Å². The Kier molecular flexibility index (Phi) is 5.43. The quantitative estimate of drug-likeness (QED) is 0.574. The maximum absolute atomic E-state index is 13.4. The predicted octanol–water partition coefficient (Wildman–Crippen LogP) is 4.11. The molecule has 3 rings (SSSR count). The molecule has 0 atom stereocenters. The van der Waals surface area contributed by atoms with Crippen LogP contribution in [0, 0.1) is 5.82 Å². The van der Waals surface area contributed by atoms with Crippen LogP contribution in [0.1, 0.15) is 5.56 Å². The van der Waals surface area contributed by atoms with Crippen molar-refractivity contribution in [1.82, 2.24) is 10.1 Å². The predicted molar refractivity (Wildman–Crippen MR) is 88.2 cm³/mol. The topological polar surface area (TPSA) is 108 Å². The normalized spacial score (nSPS) is 12.8. The number of nitrogens with two attached hydrogens (primary N) is 1. The summed E-state index contributed by atoms with van der Waals surface area (Å²) in [6.07, 6.45) is -10.3. The van der Waals surface area contributed by atoms with Gasteiger partial charge in [0.1, 0.15) is 16.5 Å². The molecule has 0 radical (unpaired) electrons. The first-order valence-electron chi connectivity index (χ1n) is 7.79. The highest BCUT2D eigenvalue weighted by Crippen LogP contribution is 2.35. The van der Waals surface area contributed by atoms with E-state index < -0.39 is 56.3 Å². The van der Waals surface area contributed by atoms with Gasteiger partial charge in [0, 0.05) is 11.1 Å². The molecule has 3 aromatic rings. The van der Waals surface area contributed by atoms with Crippen molar-refractivity contribution in [3.8, 4) is 28.6 Å². The third kappa shape index (κ3) is 5.11. The van der Waals surface area contributed by atoms with Crippen LogP contribution in [0.3, 0.4) is 0 Å². The van der Waals surface area contributed by atoms with Crippen molar-refractivity contribution in [1.29, 1.82) is 0 Å². The Morgan fingerprint density at radius 2 is 1.61 bits per heavy atom. The van der Waals surface area contributed by atoms with E-state index in [1.165, 1.54) is 0 Å². The Hall–Kier alpha value is -3.20. The Morgan fingerprint density at radius 3 is 2.19 bits per heavy atom. The van der Waals surface area contributed by atoms with Gasteiger partial charge >= 0.3 is 12.5 Å². The van der Waals surface area contributed by atoms with E-state index in [9.17, 15) is 39.2 Å². The molecule has 0 aliphatic carbocycles. The highest BCUT2D eigenvalue weighted by Gasteiger charge is 2.35. The van der Waals surface area contributed by atoms with Crippen LogP contribution in [0.15, 0.2) is 45.8 Å². The molecule has 31 heavy (non-hydrogen) atoms. The SMILES string of the molecule is NS(=O)(=O)c1ccc(-c2noc(-c3ccc(F)c(C(F)(F)F)c3)n2)cc1OC(F)(F)F. The number of sulfonamides is 1. The summed E-state index contributed by atoms with van der Waals surface area (Å²) < 4.78 is 121. The van der Waals surface area contributed by atoms with Crippen molar-refractivity contribution in [2.75, 3.05) is 0 Å². The summed E-state index contributed by atoms with van der Waals surface area (Å²) in [5.74, 6) is -3.64. The monoisotopic (exact) mass is 471 g/mol. The number of rotatable bonds is 4. The van der Waals surface area contributed by atoms with Gasteiger partial charge in [-0.15, -0.1) is 13.2 Å². The molecule has 0 saturated heterocycles. The number of hydrogen-bond acceptors (Lipinski definition) is 6. The van der Waals surface area contributed by atoms with E-state index in [2.05, 4.69) is 14.9 Å².